The minimum absolute atomic E-state index is 0.416. The summed E-state index contributed by atoms with van der Waals surface area (Å²) in [4.78, 5) is 1.53. The summed E-state index contributed by atoms with van der Waals surface area (Å²) in [5, 5.41) is 3.38. The molecule has 0 heterocycles. The SMILES string of the molecule is CCSc1cccc(Nc2cccc(Br)c2)c1C(N)=S. The number of thioether (sulfide) groups is 1. The van der Waals surface area contributed by atoms with Crippen molar-refractivity contribution < 1.29 is 0 Å². The highest BCUT2D eigenvalue weighted by molar-refractivity contribution is 9.10. The van der Waals surface area contributed by atoms with Crippen molar-refractivity contribution in [3.8, 4) is 0 Å². The molecule has 0 saturated carbocycles. The molecular weight excluding hydrogens is 352 g/mol. The van der Waals surface area contributed by atoms with Gasteiger partial charge in [-0.15, -0.1) is 11.8 Å². The molecule has 0 aliphatic heterocycles. The van der Waals surface area contributed by atoms with Crippen LogP contribution < -0.4 is 11.1 Å². The molecule has 0 bridgehead atoms. The zero-order valence-corrected chi connectivity index (χ0v) is 14.2. The van der Waals surface area contributed by atoms with E-state index in [-0.39, 0.29) is 0 Å². The number of hydrogen-bond acceptors (Lipinski definition) is 3. The van der Waals surface area contributed by atoms with Crippen LogP contribution in [0.25, 0.3) is 0 Å². The van der Waals surface area contributed by atoms with Crippen LogP contribution in [0.15, 0.2) is 51.8 Å². The first kappa shape index (κ1) is 15.4. The molecule has 104 valence electrons. The lowest BCUT2D eigenvalue weighted by Gasteiger charge is -2.15. The molecule has 0 aliphatic carbocycles. The highest BCUT2D eigenvalue weighted by Crippen LogP contribution is 2.31. The van der Waals surface area contributed by atoms with Crippen molar-refractivity contribution in [1.82, 2.24) is 0 Å². The third kappa shape index (κ3) is 3.75. The fourth-order valence-corrected chi connectivity index (χ4v) is 3.42. The minimum atomic E-state index is 0.416. The number of hydrogen-bond donors (Lipinski definition) is 2. The average molecular weight is 367 g/mol. The standard InChI is InChI=1S/C15H15BrN2S2/c1-2-20-13-8-4-7-12(14(13)15(17)19)18-11-6-3-5-10(16)9-11/h3-9,18H,2H2,1H3,(H2,17,19). The molecule has 2 aromatic rings. The zero-order valence-electron chi connectivity index (χ0n) is 11.0. The van der Waals surface area contributed by atoms with E-state index in [9.17, 15) is 0 Å². The molecule has 0 atom stereocenters. The summed E-state index contributed by atoms with van der Waals surface area (Å²) >= 11 is 10.4. The van der Waals surface area contributed by atoms with Crippen molar-refractivity contribution in [1.29, 1.82) is 0 Å². The lowest BCUT2D eigenvalue weighted by molar-refractivity contribution is 1.38. The summed E-state index contributed by atoms with van der Waals surface area (Å²) in [6.07, 6.45) is 0. The Morgan fingerprint density at radius 1 is 1.30 bits per heavy atom. The number of halogens is 1. The van der Waals surface area contributed by atoms with Gasteiger partial charge in [0.2, 0.25) is 0 Å². The summed E-state index contributed by atoms with van der Waals surface area (Å²) in [5.74, 6) is 0.982. The van der Waals surface area contributed by atoms with Gasteiger partial charge < -0.3 is 11.1 Å². The molecule has 0 spiro atoms. The largest absolute Gasteiger partial charge is 0.389 e. The van der Waals surface area contributed by atoms with Crippen molar-refractivity contribution in [3.63, 3.8) is 0 Å². The normalized spacial score (nSPS) is 10.3. The van der Waals surface area contributed by atoms with Crippen LogP contribution in [0.1, 0.15) is 12.5 Å². The topological polar surface area (TPSA) is 38.0 Å². The highest BCUT2D eigenvalue weighted by atomic mass is 79.9. The predicted octanol–water partition coefficient (Wildman–Crippen LogP) is 4.94. The third-order valence-electron chi connectivity index (χ3n) is 2.68. The number of nitrogens with two attached hydrogens (primary N) is 1. The lowest BCUT2D eigenvalue weighted by atomic mass is 10.1. The zero-order chi connectivity index (χ0) is 14.5. The van der Waals surface area contributed by atoms with E-state index in [0.717, 1.165) is 32.1 Å². The van der Waals surface area contributed by atoms with Crippen LogP contribution >= 0.6 is 39.9 Å². The van der Waals surface area contributed by atoms with E-state index in [4.69, 9.17) is 18.0 Å². The molecule has 5 heteroatoms. The van der Waals surface area contributed by atoms with Crippen LogP contribution in [-0.2, 0) is 0 Å². The Morgan fingerprint density at radius 3 is 2.70 bits per heavy atom. The second kappa shape index (κ2) is 7.11. The highest BCUT2D eigenvalue weighted by Gasteiger charge is 2.11. The number of thiocarbonyl (C=S) groups is 1. The smallest absolute Gasteiger partial charge is 0.107 e. The van der Waals surface area contributed by atoms with Gasteiger partial charge in [0.1, 0.15) is 4.99 Å². The monoisotopic (exact) mass is 366 g/mol. The summed E-state index contributed by atoms with van der Waals surface area (Å²) in [6.45, 7) is 2.11. The summed E-state index contributed by atoms with van der Waals surface area (Å²) in [6, 6.07) is 14.1. The molecule has 2 nitrogen and oxygen atoms in total. The van der Waals surface area contributed by atoms with Gasteiger partial charge in [-0.1, -0.05) is 47.2 Å². The van der Waals surface area contributed by atoms with Crippen LogP contribution in [0, 0.1) is 0 Å². The molecule has 0 unspecified atom stereocenters. The molecule has 0 amide bonds. The maximum atomic E-state index is 5.90. The first-order chi connectivity index (χ1) is 9.61. The summed E-state index contributed by atoms with van der Waals surface area (Å²) in [5.41, 5.74) is 8.74. The third-order valence-corrected chi connectivity index (χ3v) is 4.31. The van der Waals surface area contributed by atoms with Gasteiger partial charge in [0.25, 0.3) is 0 Å². The van der Waals surface area contributed by atoms with Crippen LogP contribution in [0.2, 0.25) is 0 Å². The number of benzene rings is 2. The van der Waals surface area contributed by atoms with Gasteiger partial charge >= 0.3 is 0 Å². The number of anilines is 2. The van der Waals surface area contributed by atoms with Gasteiger partial charge in [-0.25, -0.2) is 0 Å². The molecular formula is C15H15BrN2S2. The minimum Gasteiger partial charge on any atom is -0.389 e. The first-order valence-electron chi connectivity index (χ1n) is 6.20. The summed E-state index contributed by atoms with van der Waals surface area (Å²) in [7, 11) is 0. The average Bonchev–Trinajstić information content (AvgIpc) is 2.39. The maximum Gasteiger partial charge on any atom is 0.107 e. The second-order valence-corrected chi connectivity index (χ2v) is 6.77. The van der Waals surface area contributed by atoms with Crippen LogP contribution in [0.5, 0.6) is 0 Å². The Kier molecular flexibility index (Phi) is 5.46. The predicted molar refractivity (Wildman–Crippen MR) is 96.2 cm³/mol. The van der Waals surface area contributed by atoms with Crippen molar-refractivity contribution in [2.45, 2.75) is 11.8 Å². The molecule has 3 N–H and O–H groups in total. The van der Waals surface area contributed by atoms with E-state index in [1.54, 1.807) is 11.8 Å². The van der Waals surface area contributed by atoms with Crippen LogP contribution in [-0.4, -0.2) is 10.7 Å². The quantitative estimate of drug-likeness (QED) is 0.580. The Morgan fingerprint density at radius 2 is 2.05 bits per heavy atom. The van der Waals surface area contributed by atoms with Gasteiger partial charge in [0.05, 0.1) is 0 Å². The van der Waals surface area contributed by atoms with E-state index < -0.39 is 0 Å². The number of nitrogens with one attached hydrogen (secondary N) is 1. The van der Waals surface area contributed by atoms with Crippen molar-refractivity contribution in [2.75, 3.05) is 11.1 Å². The number of rotatable bonds is 5. The van der Waals surface area contributed by atoms with Crippen LogP contribution in [0.4, 0.5) is 11.4 Å². The van der Waals surface area contributed by atoms with E-state index in [0.29, 0.717) is 4.99 Å². The van der Waals surface area contributed by atoms with Crippen molar-refractivity contribution in [3.05, 3.63) is 52.5 Å². The van der Waals surface area contributed by atoms with Gasteiger partial charge in [-0.05, 0) is 36.1 Å². The Labute approximate surface area is 137 Å². The molecule has 2 aromatic carbocycles. The molecule has 2 rings (SSSR count). The van der Waals surface area contributed by atoms with E-state index in [1.165, 1.54) is 0 Å². The second-order valence-electron chi connectivity index (χ2n) is 4.11. The van der Waals surface area contributed by atoms with Gasteiger partial charge in [0, 0.05) is 26.3 Å². The lowest BCUT2D eigenvalue weighted by Crippen LogP contribution is -2.13. The molecule has 0 aromatic heterocycles. The summed E-state index contributed by atoms with van der Waals surface area (Å²) < 4.78 is 1.03. The fourth-order valence-electron chi connectivity index (χ4n) is 1.89. The van der Waals surface area contributed by atoms with E-state index in [2.05, 4.69) is 34.2 Å². The molecule has 0 saturated heterocycles. The van der Waals surface area contributed by atoms with Crippen molar-refractivity contribution >= 4 is 56.3 Å². The maximum absolute atomic E-state index is 5.90. The van der Waals surface area contributed by atoms with E-state index >= 15 is 0 Å². The Hall–Kier alpha value is -1.04. The molecule has 20 heavy (non-hydrogen) atoms. The Balaban J connectivity index is 2.40. The van der Waals surface area contributed by atoms with Crippen molar-refractivity contribution in [2.24, 2.45) is 5.73 Å². The molecule has 0 aliphatic rings. The Bertz CT molecular complexity index is 629. The first-order valence-corrected chi connectivity index (χ1v) is 8.38. The molecule has 0 radical (unpaired) electrons. The van der Waals surface area contributed by atoms with E-state index in [1.807, 2.05) is 36.4 Å². The molecule has 0 fully saturated rings. The van der Waals surface area contributed by atoms with Gasteiger partial charge in [-0.2, -0.15) is 0 Å². The fraction of sp³-hybridized carbons (Fsp3) is 0.133. The van der Waals surface area contributed by atoms with Gasteiger partial charge in [0.15, 0.2) is 0 Å². The van der Waals surface area contributed by atoms with Gasteiger partial charge in [-0.3, -0.25) is 0 Å². The van der Waals surface area contributed by atoms with Crippen LogP contribution in [0.3, 0.4) is 0 Å².